The third kappa shape index (κ3) is 5.38. The standard InChI is InChI=1S/C15H19NO3/c1-12-4-6-13(7-5-12)8-9-14(17)16(2)11-10-15(18)19-3/h4-9H,10-11H2,1-3H3/b9-8+. The third-order valence-electron chi connectivity index (χ3n) is 2.75. The van der Waals surface area contributed by atoms with Crippen LogP contribution in [0.15, 0.2) is 30.3 Å². The van der Waals surface area contributed by atoms with Crippen LogP contribution in [-0.4, -0.2) is 37.5 Å². The minimum atomic E-state index is -0.317. The van der Waals surface area contributed by atoms with E-state index in [0.29, 0.717) is 6.54 Å². The molecule has 102 valence electrons. The molecule has 0 aliphatic carbocycles. The summed E-state index contributed by atoms with van der Waals surface area (Å²) in [5.74, 6) is -0.452. The van der Waals surface area contributed by atoms with E-state index in [4.69, 9.17) is 0 Å². The van der Waals surface area contributed by atoms with E-state index in [-0.39, 0.29) is 18.3 Å². The molecule has 0 heterocycles. The number of aryl methyl sites for hydroxylation is 1. The molecular formula is C15H19NO3. The van der Waals surface area contributed by atoms with E-state index in [1.165, 1.54) is 23.6 Å². The predicted molar refractivity (Wildman–Crippen MR) is 74.5 cm³/mol. The van der Waals surface area contributed by atoms with Gasteiger partial charge in [0.05, 0.1) is 13.5 Å². The molecule has 1 aromatic carbocycles. The van der Waals surface area contributed by atoms with Gasteiger partial charge in [-0.1, -0.05) is 29.8 Å². The van der Waals surface area contributed by atoms with E-state index in [0.717, 1.165) is 5.56 Å². The summed E-state index contributed by atoms with van der Waals surface area (Å²) in [6.07, 6.45) is 3.47. The lowest BCUT2D eigenvalue weighted by Gasteiger charge is -2.13. The molecule has 0 atom stereocenters. The van der Waals surface area contributed by atoms with Crippen molar-refractivity contribution >= 4 is 18.0 Å². The highest BCUT2D eigenvalue weighted by Crippen LogP contribution is 2.05. The van der Waals surface area contributed by atoms with Gasteiger partial charge in [-0.25, -0.2) is 0 Å². The number of hydrogen-bond donors (Lipinski definition) is 0. The van der Waals surface area contributed by atoms with Gasteiger partial charge in [-0.15, -0.1) is 0 Å². The van der Waals surface area contributed by atoms with Gasteiger partial charge < -0.3 is 9.64 Å². The molecule has 0 aromatic heterocycles. The molecule has 0 unspecified atom stereocenters. The van der Waals surface area contributed by atoms with Gasteiger partial charge in [0.15, 0.2) is 0 Å². The zero-order valence-electron chi connectivity index (χ0n) is 11.6. The number of ether oxygens (including phenoxy) is 1. The largest absolute Gasteiger partial charge is 0.469 e. The summed E-state index contributed by atoms with van der Waals surface area (Å²) in [5, 5.41) is 0. The minimum absolute atomic E-state index is 0.135. The van der Waals surface area contributed by atoms with Crippen molar-refractivity contribution in [1.29, 1.82) is 0 Å². The van der Waals surface area contributed by atoms with Gasteiger partial charge in [0, 0.05) is 19.7 Å². The molecular weight excluding hydrogens is 242 g/mol. The van der Waals surface area contributed by atoms with E-state index >= 15 is 0 Å². The first kappa shape index (κ1) is 15.0. The minimum Gasteiger partial charge on any atom is -0.469 e. The Labute approximate surface area is 113 Å². The second-order valence-electron chi connectivity index (χ2n) is 4.33. The molecule has 0 radical (unpaired) electrons. The maximum absolute atomic E-state index is 11.8. The van der Waals surface area contributed by atoms with Crippen LogP contribution < -0.4 is 0 Å². The van der Waals surface area contributed by atoms with Crippen molar-refractivity contribution in [2.75, 3.05) is 20.7 Å². The van der Waals surface area contributed by atoms with Crippen LogP contribution in [0, 0.1) is 6.92 Å². The zero-order valence-corrected chi connectivity index (χ0v) is 11.6. The molecule has 1 aromatic rings. The maximum Gasteiger partial charge on any atom is 0.307 e. The summed E-state index contributed by atoms with van der Waals surface area (Å²) < 4.78 is 4.53. The molecule has 0 fully saturated rings. The van der Waals surface area contributed by atoms with Gasteiger partial charge in [0.1, 0.15) is 0 Å². The van der Waals surface area contributed by atoms with Gasteiger partial charge in [-0.05, 0) is 18.6 Å². The number of likely N-dealkylation sites (N-methyl/N-ethyl adjacent to an activating group) is 1. The molecule has 0 aliphatic heterocycles. The fourth-order valence-corrected chi connectivity index (χ4v) is 1.44. The second-order valence-corrected chi connectivity index (χ2v) is 4.33. The number of carbonyl (C=O) groups is 2. The van der Waals surface area contributed by atoms with E-state index in [2.05, 4.69) is 4.74 Å². The summed E-state index contributed by atoms with van der Waals surface area (Å²) in [7, 11) is 2.99. The molecule has 0 saturated carbocycles. The van der Waals surface area contributed by atoms with Gasteiger partial charge in [-0.3, -0.25) is 9.59 Å². The topological polar surface area (TPSA) is 46.6 Å². The van der Waals surface area contributed by atoms with Crippen LogP contribution >= 0.6 is 0 Å². The fourth-order valence-electron chi connectivity index (χ4n) is 1.44. The van der Waals surface area contributed by atoms with Crippen LogP contribution in [-0.2, 0) is 14.3 Å². The van der Waals surface area contributed by atoms with E-state index < -0.39 is 0 Å². The Hall–Kier alpha value is -2.10. The lowest BCUT2D eigenvalue weighted by Crippen LogP contribution is -2.27. The van der Waals surface area contributed by atoms with Crippen molar-refractivity contribution < 1.29 is 14.3 Å². The molecule has 0 N–H and O–H groups in total. The Bertz CT molecular complexity index is 463. The number of esters is 1. The first-order chi connectivity index (χ1) is 9.02. The van der Waals surface area contributed by atoms with Crippen LogP contribution in [0.5, 0.6) is 0 Å². The van der Waals surface area contributed by atoms with Gasteiger partial charge in [0.2, 0.25) is 5.91 Å². The highest BCUT2D eigenvalue weighted by molar-refractivity contribution is 5.91. The number of methoxy groups -OCH3 is 1. The van der Waals surface area contributed by atoms with Crippen molar-refractivity contribution in [3.05, 3.63) is 41.5 Å². The molecule has 0 aliphatic rings. The normalized spacial score (nSPS) is 10.5. The Morgan fingerprint density at radius 3 is 2.47 bits per heavy atom. The molecule has 0 spiro atoms. The quantitative estimate of drug-likeness (QED) is 0.602. The Morgan fingerprint density at radius 1 is 1.26 bits per heavy atom. The zero-order chi connectivity index (χ0) is 14.3. The molecule has 0 saturated heterocycles. The molecule has 1 amide bonds. The SMILES string of the molecule is COC(=O)CCN(C)C(=O)/C=C/c1ccc(C)cc1. The van der Waals surface area contributed by atoms with Crippen LogP contribution in [0.2, 0.25) is 0 Å². The van der Waals surface area contributed by atoms with E-state index in [1.807, 2.05) is 31.2 Å². The molecule has 19 heavy (non-hydrogen) atoms. The number of hydrogen-bond acceptors (Lipinski definition) is 3. The molecule has 4 nitrogen and oxygen atoms in total. The number of benzene rings is 1. The Balaban J connectivity index is 2.49. The van der Waals surface area contributed by atoms with Crippen LogP contribution in [0.1, 0.15) is 17.5 Å². The Morgan fingerprint density at radius 2 is 1.89 bits per heavy atom. The number of amides is 1. The monoisotopic (exact) mass is 261 g/mol. The average molecular weight is 261 g/mol. The van der Waals surface area contributed by atoms with Gasteiger partial charge in [-0.2, -0.15) is 0 Å². The first-order valence-corrected chi connectivity index (χ1v) is 6.09. The predicted octanol–water partition coefficient (Wildman–Crippen LogP) is 2.03. The van der Waals surface area contributed by atoms with Crippen LogP contribution in [0.25, 0.3) is 6.08 Å². The highest BCUT2D eigenvalue weighted by atomic mass is 16.5. The number of nitrogens with zero attached hydrogens (tertiary/aromatic N) is 1. The van der Waals surface area contributed by atoms with Crippen molar-refractivity contribution in [2.45, 2.75) is 13.3 Å². The third-order valence-corrected chi connectivity index (χ3v) is 2.75. The second kappa shape index (κ2) is 7.36. The Kier molecular flexibility index (Phi) is 5.79. The lowest BCUT2D eigenvalue weighted by atomic mass is 10.1. The van der Waals surface area contributed by atoms with Crippen LogP contribution in [0.3, 0.4) is 0 Å². The van der Waals surface area contributed by atoms with Crippen molar-refractivity contribution in [1.82, 2.24) is 4.90 Å². The highest BCUT2D eigenvalue weighted by Gasteiger charge is 2.07. The van der Waals surface area contributed by atoms with Crippen molar-refractivity contribution in [2.24, 2.45) is 0 Å². The summed E-state index contributed by atoms with van der Waals surface area (Å²) in [4.78, 5) is 24.2. The van der Waals surface area contributed by atoms with Gasteiger partial charge >= 0.3 is 5.97 Å². The van der Waals surface area contributed by atoms with Gasteiger partial charge in [0.25, 0.3) is 0 Å². The summed E-state index contributed by atoms with van der Waals surface area (Å²) in [5.41, 5.74) is 2.15. The first-order valence-electron chi connectivity index (χ1n) is 6.09. The summed E-state index contributed by atoms with van der Waals surface area (Å²) >= 11 is 0. The number of carbonyl (C=O) groups excluding carboxylic acids is 2. The fraction of sp³-hybridized carbons (Fsp3) is 0.333. The maximum atomic E-state index is 11.8. The molecule has 1 rings (SSSR count). The molecule has 4 heteroatoms. The van der Waals surface area contributed by atoms with Crippen LogP contribution in [0.4, 0.5) is 0 Å². The van der Waals surface area contributed by atoms with Crippen molar-refractivity contribution in [3.8, 4) is 0 Å². The smallest absolute Gasteiger partial charge is 0.307 e. The van der Waals surface area contributed by atoms with Crippen molar-refractivity contribution in [3.63, 3.8) is 0 Å². The van der Waals surface area contributed by atoms with E-state index in [9.17, 15) is 9.59 Å². The number of rotatable bonds is 5. The average Bonchev–Trinajstić information content (AvgIpc) is 2.43. The summed E-state index contributed by atoms with van der Waals surface area (Å²) in [6.45, 7) is 2.36. The molecule has 0 bridgehead atoms. The summed E-state index contributed by atoms with van der Waals surface area (Å²) in [6, 6.07) is 7.89. The lowest BCUT2D eigenvalue weighted by molar-refractivity contribution is -0.141. The van der Waals surface area contributed by atoms with E-state index in [1.54, 1.807) is 13.1 Å².